The van der Waals surface area contributed by atoms with Gasteiger partial charge < -0.3 is 9.73 Å². The third kappa shape index (κ3) is 1.71. The van der Waals surface area contributed by atoms with Crippen LogP contribution in [0.5, 0.6) is 0 Å². The maximum absolute atomic E-state index is 5.32. The van der Waals surface area contributed by atoms with Gasteiger partial charge in [0.1, 0.15) is 5.76 Å². The Labute approximate surface area is 80.5 Å². The summed E-state index contributed by atoms with van der Waals surface area (Å²) in [5.41, 5.74) is 1.01. The highest BCUT2D eigenvalue weighted by molar-refractivity contribution is 9.10. The van der Waals surface area contributed by atoms with Crippen LogP contribution in [-0.2, 0) is 0 Å². The van der Waals surface area contributed by atoms with Gasteiger partial charge in [0.25, 0.3) is 0 Å². The summed E-state index contributed by atoms with van der Waals surface area (Å²) < 4.78 is 5.99. The van der Waals surface area contributed by atoms with Crippen molar-refractivity contribution in [3.63, 3.8) is 0 Å². The predicted molar refractivity (Wildman–Crippen MR) is 51.8 cm³/mol. The zero-order valence-corrected chi connectivity index (χ0v) is 8.60. The van der Waals surface area contributed by atoms with Gasteiger partial charge in [0.05, 0.1) is 6.04 Å². The van der Waals surface area contributed by atoms with Crippen LogP contribution in [0.15, 0.2) is 15.2 Å². The van der Waals surface area contributed by atoms with E-state index in [0.717, 1.165) is 11.3 Å². The van der Waals surface area contributed by atoms with E-state index in [4.69, 9.17) is 10.8 Å². The minimum atomic E-state index is -0.0694. The molecular formula is C9H10BrNO. The topological polar surface area (TPSA) is 25.2 Å². The molecular weight excluding hydrogens is 218 g/mol. The molecule has 1 N–H and O–H groups in total. The smallest absolute Gasteiger partial charge is 0.169 e. The van der Waals surface area contributed by atoms with Crippen molar-refractivity contribution < 1.29 is 4.42 Å². The maximum Gasteiger partial charge on any atom is 0.169 e. The van der Waals surface area contributed by atoms with Crippen molar-refractivity contribution in [2.75, 3.05) is 7.05 Å². The van der Waals surface area contributed by atoms with Crippen molar-refractivity contribution in [3.05, 3.63) is 22.1 Å². The molecule has 2 nitrogen and oxygen atoms in total. The number of hydrogen-bond acceptors (Lipinski definition) is 2. The summed E-state index contributed by atoms with van der Waals surface area (Å²) in [6.45, 7) is 1.89. The van der Waals surface area contributed by atoms with Crippen molar-refractivity contribution in [3.8, 4) is 12.3 Å². The number of rotatable bonds is 2. The zero-order valence-electron chi connectivity index (χ0n) is 7.02. The summed E-state index contributed by atoms with van der Waals surface area (Å²) in [5.74, 6) is 3.48. The van der Waals surface area contributed by atoms with Crippen molar-refractivity contribution in [2.24, 2.45) is 0 Å². The summed E-state index contributed by atoms with van der Waals surface area (Å²) in [4.78, 5) is 0. The first-order valence-electron chi connectivity index (χ1n) is 3.58. The van der Waals surface area contributed by atoms with Crippen LogP contribution in [0.3, 0.4) is 0 Å². The monoisotopic (exact) mass is 227 g/mol. The second-order valence-corrected chi connectivity index (χ2v) is 3.23. The van der Waals surface area contributed by atoms with Crippen LogP contribution in [0.2, 0.25) is 0 Å². The second-order valence-electron chi connectivity index (χ2n) is 2.45. The molecule has 0 spiro atoms. The molecule has 0 saturated heterocycles. The lowest BCUT2D eigenvalue weighted by atomic mass is 10.1. The van der Waals surface area contributed by atoms with Crippen LogP contribution in [0.4, 0.5) is 0 Å². The number of furan rings is 1. The largest absolute Gasteiger partial charge is 0.454 e. The van der Waals surface area contributed by atoms with Gasteiger partial charge in [0, 0.05) is 5.56 Å². The van der Waals surface area contributed by atoms with Crippen LogP contribution in [0.1, 0.15) is 17.4 Å². The van der Waals surface area contributed by atoms with E-state index in [9.17, 15) is 0 Å². The molecule has 0 aliphatic rings. The number of terminal acetylenes is 1. The van der Waals surface area contributed by atoms with Gasteiger partial charge >= 0.3 is 0 Å². The minimum Gasteiger partial charge on any atom is -0.454 e. The molecule has 0 bridgehead atoms. The first-order chi connectivity index (χ1) is 5.69. The predicted octanol–water partition coefficient (Wildman–Crippen LogP) is 2.24. The van der Waals surface area contributed by atoms with Gasteiger partial charge in [-0.3, -0.25) is 0 Å². The van der Waals surface area contributed by atoms with Crippen LogP contribution >= 0.6 is 15.9 Å². The Bertz CT molecular complexity index is 311. The molecule has 1 aromatic rings. The van der Waals surface area contributed by atoms with E-state index in [1.165, 1.54) is 0 Å². The second kappa shape index (κ2) is 3.79. The Balaban J connectivity index is 3.02. The molecule has 1 unspecified atom stereocenters. The van der Waals surface area contributed by atoms with Gasteiger partial charge in [-0.2, -0.15) is 0 Å². The molecule has 1 aromatic heterocycles. The third-order valence-electron chi connectivity index (χ3n) is 1.69. The average molecular weight is 228 g/mol. The van der Waals surface area contributed by atoms with E-state index >= 15 is 0 Å². The van der Waals surface area contributed by atoms with Gasteiger partial charge in [-0.1, -0.05) is 5.92 Å². The van der Waals surface area contributed by atoms with E-state index < -0.39 is 0 Å². The number of halogens is 1. The van der Waals surface area contributed by atoms with Crippen molar-refractivity contribution in [1.29, 1.82) is 0 Å². The fourth-order valence-electron chi connectivity index (χ4n) is 1.07. The van der Waals surface area contributed by atoms with Gasteiger partial charge in [-0.05, 0) is 36.0 Å². The Hall–Kier alpha value is -0.720. The SMILES string of the molecule is C#CC(NC)c1cc(Br)oc1C. The molecule has 12 heavy (non-hydrogen) atoms. The quantitative estimate of drug-likeness (QED) is 0.785. The van der Waals surface area contributed by atoms with E-state index in [1.54, 1.807) is 0 Å². The Morgan fingerprint density at radius 2 is 2.42 bits per heavy atom. The molecule has 1 atom stereocenters. The summed E-state index contributed by atoms with van der Waals surface area (Å²) in [5, 5.41) is 3.01. The Morgan fingerprint density at radius 3 is 2.75 bits per heavy atom. The van der Waals surface area contributed by atoms with Crippen LogP contribution in [0, 0.1) is 19.3 Å². The molecule has 0 amide bonds. The number of aryl methyl sites for hydroxylation is 1. The summed E-state index contributed by atoms with van der Waals surface area (Å²) >= 11 is 3.25. The van der Waals surface area contributed by atoms with Gasteiger partial charge in [0.2, 0.25) is 0 Å². The first kappa shape index (κ1) is 9.37. The lowest BCUT2D eigenvalue weighted by Crippen LogP contribution is -2.14. The summed E-state index contributed by atoms with van der Waals surface area (Å²) in [6.07, 6.45) is 5.32. The van der Waals surface area contributed by atoms with Crippen LogP contribution in [-0.4, -0.2) is 7.05 Å². The molecule has 3 heteroatoms. The van der Waals surface area contributed by atoms with Gasteiger partial charge in [-0.25, -0.2) is 0 Å². The first-order valence-corrected chi connectivity index (χ1v) is 4.37. The average Bonchev–Trinajstić information content (AvgIpc) is 2.34. The normalized spacial score (nSPS) is 12.5. The van der Waals surface area contributed by atoms with E-state index in [0.29, 0.717) is 4.67 Å². The van der Waals surface area contributed by atoms with E-state index in [2.05, 4.69) is 27.2 Å². The summed E-state index contributed by atoms with van der Waals surface area (Å²) in [6, 6.07) is 1.82. The van der Waals surface area contributed by atoms with E-state index in [1.807, 2.05) is 20.0 Å². The van der Waals surface area contributed by atoms with Gasteiger partial charge in [0.15, 0.2) is 4.67 Å². The Morgan fingerprint density at radius 1 is 1.75 bits per heavy atom. The molecule has 1 rings (SSSR count). The standard InChI is InChI=1S/C9H10BrNO/c1-4-8(11-3)7-5-9(10)12-6(7)2/h1,5,8,11H,2-3H3. The van der Waals surface area contributed by atoms with Crippen LogP contribution in [0.25, 0.3) is 0 Å². The molecule has 64 valence electrons. The highest BCUT2D eigenvalue weighted by Crippen LogP contribution is 2.24. The molecule has 0 aliphatic heterocycles. The fraction of sp³-hybridized carbons (Fsp3) is 0.333. The highest BCUT2D eigenvalue weighted by Gasteiger charge is 2.12. The highest BCUT2D eigenvalue weighted by atomic mass is 79.9. The van der Waals surface area contributed by atoms with E-state index in [-0.39, 0.29) is 6.04 Å². The molecule has 1 heterocycles. The number of hydrogen-bond donors (Lipinski definition) is 1. The zero-order chi connectivity index (χ0) is 9.14. The Kier molecular flexibility index (Phi) is 2.96. The molecule has 0 fully saturated rings. The molecule has 0 saturated carbocycles. The van der Waals surface area contributed by atoms with Crippen LogP contribution < -0.4 is 5.32 Å². The third-order valence-corrected chi connectivity index (χ3v) is 2.08. The van der Waals surface area contributed by atoms with Crippen molar-refractivity contribution in [2.45, 2.75) is 13.0 Å². The number of nitrogens with one attached hydrogen (secondary N) is 1. The maximum atomic E-state index is 5.32. The lowest BCUT2D eigenvalue weighted by molar-refractivity contribution is 0.503. The molecule has 0 aliphatic carbocycles. The fourth-order valence-corrected chi connectivity index (χ4v) is 1.56. The van der Waals surface area contributed by atoms with Crippen molar-refractivity contribution >= 4 is 15.9 Å². The lowest BCUT2D eigenvalue weighted by Gasteiger charge is -2.06. The molecule has 0 radical (unpaired) electrons. The van der Waals surface area contributed by atoms with Gasteiger partial charge in [-0.15, -0.1) is 6.42 Å². The minimum absolute atomic E-state index is 0.0694. The van der Waals surface area contributed by atoms with Crippen molar-refractivity contribution in [1.82, 2.24) is 5.32 Å². The molecule has 0 aromatic carbocycles. The summed E-state index contributed by atoms with van der Waals surface area (Å²) in [7, 11) is 1.82.